The fraction of sp³-hybridized carbons (Fsp3) is 0.733. The Hall–Kier alpha value is -1.16. The molecule has 2 rings (SSSR count). The predicted octanol–water partition coefficient (Wildman–Crippen LogP) is 2.62. The molecule has 0 unspecified atom stereocenters. The Bertz CT molecular complexity index is 413. The normalized spacial score (nSPS) is 15.6. The van der Waals surface area contributed by atoms with Crippen molar-refractivity contribution in [1.82, 2.24) is 9.97 Å². The van der Waals surface area contributed by atoms with Crippen molar-refractivity contribution in [3.05, 3.63) is 17.5 Å². The number of hydrogen-bond donors (Lipinski definition) is 1. The number of aromatic nitrogens is 2. The lowest BCUT2D eigenvalue weighted by Gasteiger charge is -2.38. The third kappa shape index (κ3) is 3.44. The van der Waals surface area contributed by atoms with Gasteiger partial charge in [0.15, 0.2) is 0 Å². The van der Waals surface area contributed by atoms with Gasteiger partial charge in [-0.25, -0.2) is 9.97 Å². The Morgan fingerprint density at radius 3 is 2.63 bits per heavy atom. The molecule has 0 bridgehead atoms. The van der Waals surface area contributed by atoms with Gasteiger partial charge in [-0.05, 0) is 51.1 Å². The topological polar surface area (TPSA) is 55.0 Å². The van der Waals surface area contributed by atoms with E-state index in [9.17, 15) is 0 Å². The highest BCUT2D eigenvalue weighted by Gasteiger charge is 2.27. The first-order chi connectivity index (χ1) is 9.11. The van der Waals surface area contributed by atoms with E-state index >= 15 is 0 Å². The highest BCUT2D eigenvalue weighted by atomic mass is 15.3. The van der Waals surface area contributed by atoms with Gasteiger partial charge in [0.1, 0.15) is 0 Å². The smallest absolute Gasteiger partial charge is 0.226 e. The molecule has 0 atom stereocenters. The van der Waals surface area contributed by atoms with Gasteiger partial charge in [0, 0.05) is 24.0 Å². The highest BCUT2D eigenvalue weighted by molar-refractivity contribution is 5.35. The molecule has 1 aliphatic rings. The predicted molar refractivity (Wildman–Crippen MR) is 79.5 cm³/mol. The van der Waals surface area contributed by atoms with Crippen molar-refractivity contribution in [1.29, 1.82) is 0 Å². The molecule has 0 spiro atoms. The zero-order valence-corrected chi connectivity index (χ0v) is 12.4. The Kier molecular flexibility index (Phi) is 4.75. The van der Waals surface area contributed by atoms with Gasteiger partial charge in [-0.15, -0.1) is 0 Å². The zero-order chi connectivity index (χ0) is 13.8. The van der Waals surface area contributed by atoms with E-state index in [0.717, 1.165) is 36.8 Å². The average Bonchev–Trinajstić information content (AvgIpc) is 2.31. The van der Waals surface area contributed by atoms with Crippen LogP contribution in [0.2, 0.25) is 0 Å². The van der Waals surface area contributed by atoms with Gasteiger partial charge in [0.05, 0.1) is 0 Å². The third-order valence-electron chi connectivity index (χ3n) is 3.83. The second-order valence-electron chi connectivity index (χ2n) is 5.81. The lowest BCUT2D eigenvalue weighted by atomic mass is 9.91. The maximum absolute atomic E-state index is 5.66. The number of nitrogens with zero attached hydrogens (tertiary/aromatic N) is 3. The van der Waals surface area contributed by atoms with E-state index < -0.39 is 0 Å². The molecule has 0 saturated heterocycles. The van der Waals surface area contributed by atoms with Gasteiger partial charge in [0.25, 0.3) is 0 Å². The fourth-order valence-electron chi connectivity index (χ4n) is 2.41. The van der Waals surface area contributed by atoms with E-state index in [-0.39, 0.29) is 0 Å². The summed E-state index contributed by atoms with van der Waals surface area (Å²) >= 11 is 0. The minimum Gasteiger partial charge on any atom is -0.338 e. The van der Waals surface area contributed by atoms with Crippen LogP contribution in [-0.2, 0) is 0 Å². The molecule has 106 valence electrons. The van der Waals surface area contributed by atoms with E-state index in [1.807, 2.05) is 0 Å². The van der Waals surface area contributed by atoms with Crippen LogP contribution in [0.3, 0.4) is 0 Å². The highest BCUT2D eigenvalue weighted by Crippen LogP contribution is 2.28. The quantitative estimate of drug-likeness (QED) is 0.856. The Morgan fingerprint density at radius 1 is 1.37 bits per heavy atom. The molecule has 4 nitrogen and oxygen atoms in total. The molecule has 0 aliphatic heterocycles. The van der Waals surface area contributed by atoms with Crippen molar-refractivity contribution in [3.63, 3.8) is 0 Å². The van der Waals surface area contributed by atoms with Crippen molar-refractivity contribution >= 4 is 5.95 Å². The largest absolute Gasteiger partial charge is 0.338 e. The van der Waals surface area contributed by atoms with Crippen LogP contribution < -0.4 is 10.6 Å². The first kappa shape index (κ1) is 14.3. The minimum atomic E-state index is 0.443. The van der Waals surface area contributed by atoms with Gasteiger partial charge in [-0.3, -0.25) is 0 Å². The van der Waals surface area contributed by atoms with Crippen molar-refractivity contribution in [3.8, 4) is 0 Å². The van der Waals surface area contributed by atoms with Gasteiger partial charge in [-0.2, -0.15) is 0 Å². The SMILES string of the molecule is Cc1cc(C(C)C)nc(N(CCCN)C2CCC2)n1. The van der Waals surface area contributed by atoms with Crippen LogP contribution in [0, 0.1) is 6.92 Å². The minimum absolute atomic E-state index is 0.443. The number of aryl methyl sites for hydroxylation is 1. The maximum Gasteiger partial charge on any atom is 0.226 e. The second kappa shape index (κ2) is 6.33. The summed E-state index contributed by atoms with van der Waals surface area (Å²) in [6.07, 6.45) is 4.86. The van der Waals surface area contributed by atoms with E-state index in [0.29, 0.717) is 12.0 Å². The van der Waals surface area contributed by atoms with Crippen LogP contribution in [0.15, 0.2) is 6.07 Å². The summed E-state index contributed by atoms with van der Waals surface area (Å²) in [7, 11) is 0. The molecule has 1 aromatic heterocycles. The summed E-state index contributed by atoms with van der Waals surface area (Å²) in [5.74, 6) is 1.35. The zero-order valence-electron chi connectivity index (χ0n) is 12.4. The Labute approximate surface area is 116 Å². The molecule has 19 heavy (non-hydrogen) atoms. The summed E-state index contributed by atoms with van der Waals surface area (Å²) in [5, 5.41) is 0. The Balaban J connectivity index is 2.24. The molecule has 0 aromatic carbocycles. The summed E-state index contributed by atoms with van der Waals surface area (Å²) in [6, 6.07) is 2.71. The summed E-state index contributed by atoms with van der Waals surface area (Å²) in [6.45, 7) is 8.12. The van der Waals surface area contributed by atoms with E-state index in [2.05, 4.69) is 36.7 Å². The lowest BCUT2D eigenvalue weighted by molar-refractivity contribution is 0.380. The van der Waals surface area contributed by atoms with E-state index in [4.69, 9.17) is 10.7 Å². The third-order valence-corrected chi connectivity index (χ3v) is 3.83. The summed E-state index contributed by atoms with van der Waals surface area (Å²) in [4.78, 5) is 11.8. The first-order valence-electron chi connectivity index (χ1n) is 7.44. The van der Waals surface area contributed by atoms with Crippen LogP contribution in [0.25, 0.3) is 0 Å². The molecule has 0 amide bonds. The summed E-state index contributed by atoms with van der Waals surface area (Å²) < 4.78 is 0. The van der Waals surface area contributed by atoms with Crippen LogP contribution in [0.4, 0.5) is 5.95 Å². The van der Waals surface area contributed by atoms with Gasteiger partial charge in [-0.1, -0.05) is 13.8 Å². The van der Waals surface area contributed by atoms with Crippen LogP contribution in [-0.4, -0.2) is 29.1 Å². The molecule has 1 aromatic rings. The molecule has 1 heterocycles. The van der Waals surface area contributed by atoms with E-state index in [1.54, 1.807) is 0 Å². The van der Waals surface area contributed by atoms with Gasteiger partial charge >= 0.3 is 0 Å². The second-order valence-corrected chi connectivity index (χ2v) is 5.81. The molecule has 1 saturated carbocycles. The van der Waals surface area contributed by atoms with Crippen molar-refractivity contribution in [2.24, 2.45) is 5.73 Å². The number of rotatable bonds is 6. The molecular weight excluding hydrogens is 236 g/mol. The average molecular weight is 262 g/mol. The molecule has 1 aliphatic carbocycles. The Morgan fingerprint density at radius 2 is 2.11 bits per heavy atom. The molecule has 4 heteroatoms. The standard InChI is InChI=1S/C15H26N4/c1-11(2)14-10-12(3)17-15(18-14)19(9-5-8-16)13-6-4-7-13/h10-11,13H,4-9,16H2,1-3H3. The number of nitrogens with two attached hydrogens (primary N) is 1. The summed E-state index contributed by atoms with van der Waals surface area (Å²) in [5.41, 5.74) is 7.85. The molecule has 1 fully saturated rings. The molecular formula is C15H26N4. The van der Waals surface area contributed by atoms with Gasteiger partial charge in [0.2, 0.25) is 5.95 Å². The first-order valence-corrected chi connectivity index (χ1v) is 7.44. The lowest BCUT2D eigenvalue weighted by Crippen LogP contribution is -2.42. The van der Waals surface area contributed by atoms with Crippen molar-refractivity contribution < 1.29 is 0 Å². The van der Waals surface area contributed by atoms with Crippen molar-refractivity contribution in [2.45, 2.75) is 58.4 Å². The van der Waals surface area contributed by atoms with Crippen LogP contribution in [0.1, 0.15) is 56.8 Å². The monoisotopic (exact) mass is 262 g/mol. The fourth-order valence-corrected chi connectivity index (χ4v) is 2.41. The maximum atomic E-state index is 5.66. The van der Waals surface area contributed by atoms with E-state index in [1.165, 1.54) is 19.3 Å². The van der Waals surface area contributed by atoms with Crippen LogP contribution >= 0.6 is 0 Å². The number of anilines is 1. The number of hydrogen-bond acceptors (Lipinski definition) is 4. The van der Waals surface area contributed by atoms with Crippen LogP contribution in [0.5, 0.6) is 0 Å². The molecule has 2 N–H and O–H groups in total. The van der Waals surface area contributed by atoms with Crippen molar-refractivity contribution in [2.75, 3.05) is 18.0 Å². The molecule has 0 radical (unpaired) electrons. The van der Waals surface area contributed by atoms with Gasteiger partial charge < -0.3 is 10.6 Å².